The molecule has 0 unspecified atom stereocenters. The Morgan fingerprint density at radius 1 is 1.43 bits per heavy atom. The number of methoxy groups -OCH3 is 1. The highest BCUT2D eigenvalue weighted by atomic mass is 16.7. The van der Waals surface area contributed by atoms with Gasteiger partial charge in [-0.3, -0.25) is 4.79 Å². The summed E-state index contributed by atoms with van der Waals surface area (Å²) in [4.78, 5) is 26.5. The zero-order chi connectivity index (χ0) is 15.7. The van der Waals surface area contributed by atoms with Crippen molar-refractivity contribution in [1.82, 2.24) is 4.98 Å². The molecule has 0 fully saturated rings. The molecule has 1 amide bonds. The van der Waals surface area contributed by atoms with Crippen LogP contribution in [0.15, 0.2) is 17.4 Å². The van der Waals surface area contributed by atoms with Crippen molar-refractivity contribution in [2.24, 2.45) is 5.11 Å². The highest BCUT2D eigenvalue weighted by Crippen LogP contribution is 2.29. The van der Waals surface area contributed by atoms with Crippen LogP contribution in [0.4, 0.5) is 0 Å². The third-order valence-corrected chi connectivity index (χ3v) is 2.24. The number of rotatable bonds is 8. The van der Waals surface area contributed by atoms with Crippen LogP contribution in [-0.2, 0) is 14.3 Å². The molecular weight excluding hydrogens is 282 g/mol. The minimum absolute atomic E-state index is 0.0507. The Hall–Kier alpha value is -2.55. The lowest BCUT2D eigenvalue weighted by molar-refractivity contribution is -0.155. The second-order valence-electron chi connectivity index (χ2n) is 3.52. The molecule has 0 bridgehead atoms. The molecule has 0 atom stereocenters. The largest absolute Gasteiger partial charge is 0.493 e. The maximum atomic E-state index is 11.5. The van der Waals surface area contributed by atoms with Crippen molar-refractivity contribution in [2.75, 3.05) is 27.1 Å². The lowest BCUT2D eigenvalue weighted by atomic mass is 10.3. The van der Waals surface area contributed by atoms with Gasteiger partial charge in [0, 0.05) is 18.9 Å². The van der Waals surface area contributed by atoms with Gasteiger partial charge in [-0.05, 0) is 6.92 Å². The van der Waals surface area contributed by atoms with E-state index >= 15 is 0 Å². The maximum absolute atomic E-state index is 11.5. The van der Waals surface area contributed by atoms with Gasteiger partial charge in [0.25, 0.3) is 0 Å². The van der Waals surface area contributed by atoms with Gasteiger partial charge in [0.15, 0.2) is 17.2 Å². The summed E-state index contributed by atoms with van der Waals surface area (Å²) in [5.74, 6) is -1.36. The van der Waals surface area contributed by atoms with Gasteiger partial charge in [-0.2, -0.15) is 0 Å². The van der Waals surface area contributed by atoms with Crippen molar-refractivity contribution in [3.63, 3.8) is 0 Å². The van der Waals surface area contributed by atoms with Gasteiger partial charge in [0.2, 0.25) is 6.79 Å². The summed E-state index contributed by atoms with van der Waals surface area (Å²) < 4.78 is 19.8. The molecule has 114 valence electrons. The van der Waals surface area contributed by atoms with Crippen molar-refractivity contribution >= 4 is 11.9 Å². The molecule has 0 saturated heterocycles. The first-order chi connectivity index (χ1) is 10.1. The molecule has 0 aliphatic carbocycles. The monoisotopic (exact) mass is 297 g/mol. The van der Waals surface area contributed by atoms with Gasteiger partial charge in [-0.1, -0.05) is 0 Å². The topological polar surface area (TPSA) is 120 Å². The molecule has 9 nitrogen and oxygen atoms in total. The Balaban J connectivity index is 2.74. The van der Waals surface area contributed by atoms with E-state index in [1.54, 1.807) is 6.92 Å². The summed E-state index contributed by atoms with van der Waals surface area (Å²) in [7, 11) is 1.37. The van der Waals surface area contributed by atoms with E-state index in [0.29, 0.717) is 6.61 Å². The van der Waals surface area contributed by atoms with Crippen LogP contribution in [0, 0.1) is 5.53 Å². The van der Waals surface area contributed by atoms with Crippen molar-refractivity contribution < 1.29 is 28.5 Å². The Morgan fingerprint density at radius 2 is 2.19 bits per heavy atom. The minimum atomic E-state index is -0.899. The normalized spacial score (nSPS) is 9.81. The smallest absolute Gasteiger partial charge is 0.334 e. The predicted octanol–water partition coefficient (Wildman–Crippen LogP) is 1.18. The Bertz CT molecular complexity index is 520. The molecule has 0 aliphatic heterocycles. The zero-order valence-corrected chi connectivity index (χ0v) is 11.6. The molecule has 1 aromatic rings. The number of hydrogen-bond acceptors (Lipinski definition) is 8. The van der Waals surface area contributed by atoms with E-state index in [1.165, 1.54) is 19.4 Å². The first kappa shape index (κ1) is 16.5. The van der Waals surface area contributed by atoms with Gasteiger partial charge in [0.05, 0.1) is 7.11 Å². The van der Waals surface area contributed by atoms with Gasteiger partial charge < -0.3 is 18.9 Å². The fraction of sp³-hybridized carbons (Fsp3) is 0.417. The summed E-state index contributed by atoms with van der Waals surface area (Å²) >= 11 is 0. The van der Waals surface area contributed by atoms with Crippen LogP contribution >= 0.6 is 0 Å². The number of hydrogen-bond donors (Lipinski definition) is 1. The Labute approximate surface area is 120 Å². The van der Waals surface area contributed by atoms with Crippen LogP contribution in [-0.4, -0.2) is 44.0 Å². The minimum Gasteiger partial charge on any atom is -0.493 e. The van der Waals surface area contributed by atoms with Crippen LogP contribution in [0.3, 0.4) is 0 Å². The third kappa shape index (κ3) is 4.80. The molecule has 0 aliphatic rings. The molecule has 0 spiro atoms. The van der Waals surface area contributed by atoms with Gasteiger partial charge >= 0.3 is 11.9 Å². The van der Waals surface area contributed by atoms with Crippen LogP contribution < -0.4 is 9.47 Å². The number of nitrogens with zero attached hydrogens (tertiary/aromatic N) is 2. The predicted molar refractivity (Wildman–Crippen MR) is 68.3 cm³/mol. The van der Waals surface area contributed by atoms with Crippen molar-refractivity contribution in [2.45, 2.75) is 6.92 Å². The van der Waals surface area contributed by atoms with E-state index in [1.807, 2.05) is 0 Å². The number of ether oxygens (including phenoxy) is 4. The molecule has 0 saturated carbocycles. The van der Waals surface area contributed by atoms with E-state index < -0.39 is 18.7 Å². The molecule has 0 radical (unpaired) electrons. The van der Waals surface area contributed by atoms with Gasteiger partial charge in [0.1, 0.15) is 6.61 Å². The second kappa shape index (κ2) is 8.59. The molecule has 21 heavy (non-hydrogen) atoms. The first-order valence-corrected chi connectivity index (χ1v) is 5.95. The lowest BCUT2D eigenvalue weighted by Gasteiger charge is -2.12. The van der Waals surface area contributed by atoms with Crippen molar-refractivity contribution in [3.05, 3.63) is 18.0 Å². The average molecular weight is 297 g/mol. The summed E-state index contributed by atoms with van der Waals surface area (Å²) in [5, 5.41) is 2.76. The molecule has 1 rings (SSSR count). The number of nitrogens with one attached hydrogen (secondary N) is 1. The average Bonchev–Trinajstić information content (AvgIpc) is 2.52. The fourth-order valence-electron chi connectivity index (χ4n) is 1.32. The van der Waals surface area contributed by atoms with Crippen LogP contribution in [0.25, 0.3) is 0 Å². The number of aromatic nitrogens is 1. The van der Waals surface area contributed by atoms with E-state index in [0.717, 1.165) is 0 Å². The van der Waals surface area contributed by atoms with E-state index in [4.69, 9.17) is 24.5 Å². The SMILES string of the molecule is CCOCC(=O)OCOc1c(OC)ccnc1C(=O)N=N. The number of amides is 1. The van der Waals surface area contributed by atoms with Crippen LogP contribution in [0.2, 0.25) is 0 Å². The molecule has 1 heterocycles. The van der Waals surface area contributed by atoms with Crippen LogP contribution in [0.5, 0.6) is 11.5 Å². The van der Waals surface area contributed by atoms with Gasteiger partial charge in [-0.25, -0.2) is 15.3 Å². The number of carbonyl (C=O) groups excluding carboxylic acids is 2. The standard InChI is InChI=1S/C12H15N3O6/c1-3-19-6-9(16)20-7-21-11-8(18-2)4-5-14-10(11)12(17)15-13/h4-5,13H,3,6-7H2,1-2H3. The summed E-state index contributed by atoms with van der Waals surface area (Å²) in [5.41, 5.74) is 6.53. The number of esters is 1. The fourth-order valence-corrected chi connectivity index (χ4v) is 1.32. The zero-order valence-electron chi connectivity index (χ0n) is 11.6. The van der Waals surface area contributed by atoms with Gasteiger partial charge in [-0.15, -0.1) is 5.11 Å². The summed E-state index contributed by atoms with van der Waals surface area (Å²) in [6, 6.07) is 1.46. The van der Waals surface area contributed by atoms with E-state index in [2.05, 4.69) is 10.1 Å². The molecule has 9 heteroatoms. The molecule has 1 aromatic heterocycles. The quantitative estimate of drug-likeness (QED) is 0.434. The number of carbonyl (C=O) groups is 2. The lowest BCUT2D eigenvalue weighted by Crippen LogP contribution is -2.17. The van der Waals surface area contributed by atoms with Crippen LogP contribution in [0.1, 0.15) is 17.4 Å². The first-order valence-electron chi connectivity index (χ1n) is 5.95. The number of pyridine rings is 1. The Morgan fingerprint density at radius 3 is 2.81 bits per heavy atom. The highest BCUT2D eigenvalue weighted by molar-refractivity contribution is 5.95. The molecular formula is C12H15N3O6. The maximum Gasteiger partial charge on any atom is 0.334 e. The summed E-state index contributed by atoms with van der Waals surface area (Å²) in [6.07, 6.45) is 1.31. The second-order valence-corrected chi connectivity index (χ2v) is 3.52. The third-order valence-electron chi connectivity index (χ3n) is 2.24. The van der Waals surface area contributed by atoms with E-state index in [-0.39, 0.29) is 23.8 Å². The Kier molecular flexibility index (Phi) is 6.75. The van der Waals surface area contributed by atoms with Crippen molar-refractivity contribution in [1.29, 1.82) is 5.53 Å². The summed E-state index contributed by atoms with van der Waals surface area (Å²) in [6.45, 7) is 1.48. The molecule has 0 aromatic carbocycles. The highest BCUT2D eigenvalue weighted by Gasteiger charge is 2.19. The van der Waals surface area contributed by atoms with Crippen molar-refractivity contribution in [3.8, 4) is 11.5 Å². The molecule has 1 N–H and O–H groups in total. The van der Waals surface area contributed by atoms with E-state index in [9.17, 15) is 9.59 Å².